The van der Waals surface area contributed by atoms with E-state index in [2.05, 4.69) is 524 Å². The topological polar surface area (TPSA) is 0 Å². The summed E-state index contributed by atoms with van der Waals surface area (Å²) in [4.78, 5) is 0. The second-order valence-corrected chi connectivity index (χ2v) is 101. The van der Waals surface area contributed by atoms with Gasteiger partial charge in [0.15, 0.2) is 0 Å². The number of hydrogen-bond donors (Lipinski definition) is 0. The summed E-state index contributed by atoms with van der Waals surface area (Å²) < 4.78 is 0. The largest absolute Gasteiger partial charge is 0.0985 e. The van der Waals surface area contributed by atoms with Crippen molar-refractivity contribution in [1.82, 2.24) is 0 Å². The van der Waals surface area contributed by atoms with Crippen LogP contribution < -0.4 is 0 Å². The summed E-state index contributed by atoms with van der Waals surface area (Å²) >= 11 is 0. The van der Waals surface area contributed by atoms with Crippen molar-refractivity contribution >= 4 is 125 Å². The molecule has 0 aromatic heterocycles. The van der Waals surface area contributed by atoms with E-state index in [1.807, 2.05) is 12.2 Å². The molecule has 8 aliphatic rings. The van der Waals surface area contributed by atoms with Gasteiger partial charge in [0.05, 0.1) is 32.3 Å². The molecule has 0 spiro atoms. The van der Waals surface area contributed by atoms with Crippen molar-refractivity contribution in [3.8, 4) is 0 Å². The lowest BCUT2D eigenvalue weighted by molar-refractivity contribution is 0.636. The number of hydrogen-bond acceptors (Lipinski definition) is 0. The van der Waals surface area contributed by atoms with Gasteiger partial charge in [0, 0.05) is 75.6 Å². The maximum absolute atomic E-state index is 3.92. The number of fused-ring (bicyclic) bond motifs is 8. The van der Waals surface area contributed by atoms with Crippen LogP contribution >= 0.6 is 0 Å². The van der Waals surface area contributed by atoms with Crippen molar-refractivity contribution in [3.63, 3.8) is 0 Å². The molecule has 0 saturated carbocycles. The third kappa shape index (κ3) is 27.5. The maximum Gasteiger partial charge on any atom is 0.0736 e. The summed E-state index contributed by atoms with van der Waals surface area (Å²) in [6, 6.07) is 43.2. The smallest absolute Gasteiger partial charge is 0.0736 e. The summed E-state index contributed by atoms with van der Waals surface area (Å²) in [5, 5.41) is 6.75. The molecular weight excluding hydrogens is 1930 g/mol. The van der Waals surface area contributed by atoms with E-state index in [0.29, 0.717) is 0 Å². The fourth-order valence-electron chi connectivity index (χ4n) is 26.9. The maximum atomic E-state index is 3.92. The second kappa shape index (κ2) is 46.2. The van der Waals surface area contributed by atoms with Crippen LogP contribution in [0.3, 0.4) is 0 Å². The Hall–Kier alpha value is -7.10. The van der Waals surface area contributed by atoms with Crippen LogP contribution in [0.4, 0.5) is 0 Å². The Morgan fingerprint density at radius 1 is 0.207 bits per heavy atom. The highest BCUT2D eigenvalue weighted by Crippen LogP contribution is 2.56. The van der Waals surface area contributed by atoms with Gasteiger partial charge in [-0.15, -0.1) is 0 Å². The van der Waals surface area contributed by atoms with E-state index in [4.69, 9.17) is 0 Å². The molecule has 0 nitrogen and oxygen atoms in total. The number of benzene rings is 8. The lowest BCUT2D eigenvalue weighted by Crippen LogP contribution is -2.34. The summed E-state index contributed by atoms with van der Waals surface area (Å²) in [5.74, 6) is 0. The van der Waals surface area contributed by atoms with Crippen LogP contribution in [-0.2, 0) is 94.7 Å². The molecule has 8 aromatic carbocycles. The molecule has 150 heavy (non-hydrogen) atoms. The summed E-state index contributed by atoms with van der Waals surface area (Å²) in [6.07, 6.45) is 32.9. The zero-order valence-electron chi connectivity index (χ0n) is 107. The van der Waals surface area contributed by atoms with Crippen LogP contribution in [0.1, 0.15) is 344 Å². The number of aryl methyl sites for hydroxylation is 10. The van der Waals surface area contributed by atoms with Crippen molar-refractivity contribution in [3.05, 3.63) is 331 Å². The van der Waals surface area contributed by atoms with Crippen LogP contribution in [0.25, 0.3) is 60.8 Å². The normalized spacial score (nSPS) is 17.3. The second-order valence-electron chi connectivity index (χ2n) is 59.3. The number of allylic oxidation sites excluding steroid dienone is 8. The standard InChI is InChI=1S/C19H30Si.2C18H28Si.C18H26Si.C18H28Si.2C17H26Si.C17H24Si/c1-8-14-10-16-11-17(13-20(5,6)7)19(3,4)18(16)12-15(14)9-2;1-8-14-10-15-11-16(12-19(5,6)7)18(3,4)17(15)9-13(14)2;2*1-8-14-9-10-17-16(13(14)2)11-15(18(17,3)4)12-19(5,6)7;1-8-13-10-15-12-17(19(5,6)7)18(3,4)16(15)11-14(13)9-2;1-8-13-10-14-11-16(18(5,6)7)17(3,4)15(14)9-12(13)2;2*1-8-13-9-10-15-14(12(13)2)11-16(17(15,3)4)18(5,6)7/h10-12H,8-9,13H2,1-7H3;2*9-11H,8,12H2,1-7H3;8-11H,1,12H2,2-7H3;10-12H,8-9H2,1-7H3;2*9-11H,8H2,1-7H3;8-11H,1H2,2-7H3. The van der Waals surface area contributed by atoms with Crippen molar-refractivity contribution < 1.29 is 0 Å². The quantitative estimate of drug-likeness (QED) is 0.0593. The molecule has 0 bridgehead atoms. The van der Waals surface area contributed by atoms with Gasteiger partial charge in [-0.05, 0) is 295 Å². The molecule has 0 heterocycles. The van der Waals surface area contributed by atoms with Crippen LogP contribution in [0.2, 0.25) is 181 Å². The molecule has 0 unspecified atom stereocenters. The van der Waals surface area contributed by atoms with E-state index in [-0.39, 0.29) is 43.3 Å². The van der Waals surface area contributed by atoms with E-state index < -0.39 is 64.6 Å². The first-order chi connectivity index (χ1) is 68.4. The molecule has 0 fully saturated rings. The molecule has 0 radical (unpaired) electrons. The summed E-state index contributed by atoms with van der Waals surface area (Å²) in [7, 11) is -9.26. The highest BCUT2D eigenvalue weighted by atomic mass is 28.3. The van der Waals surface area contributed by atoms with Gasteiger partial charge in [-0.25, -0.2) is 0 Å². The lowest BCUT2D eigenvalue weighted by atomic mass is 9.80. The average molecular weight is 2150 g/mol. The van der Waals surface area contributed by atoms with Crippen molar-refractivity contribution in [2.75, 3.05) is 0 Å². The van der Waals surface area contributed by atoms with Gasteiger partial charge >= 0.3 is 0 Å². The molecule has 8 heteroatoms. The van der Waals surface area contributed by atoms with Gasteiger partial charge in [0.25, 0.3) is 0 Å². The van der Waals surface area contributed by atoms with Crippen LogP contribution in [0.15, 0.2) is 153 Å². The molecule has 0 saturated heterocycles. The molecule has 0 aliphatic heterocycles. The Bertz CT molecular complexity index is 6630. The predicted octanol–water partition coefficient (Wildman–Crippen LogP) is 43.4. The SMILES string of the molecule is C=Cc1ccc2c(c1C)C=C(C[Si](C)(C)C)C2(C)C.C=Cc1ccc2c(c1C)C=C([Si](C)(C)C)C2(C)C.CCc1cc2c(cc1C)C(C)(C)C(C[Si](C)(C)C)=C2.CCc1cc2c(cc1C)C(C)(C)C([Si](C)(C)C)=C2.CCc1cc2c(cc1CC)C(C)(C)C(C[Si](C)(C)C)=C2.CCc1cc2c(cc1CC)C(C)(C)C([Si](C)(C)C)=C2.CCc1ccc2c(c1C)C=C(C[Si](C)(C)C)C2(C)C.CCc1ccc2c(c1C)C=C([Si](C)(C)C)C2(C)C. The molecule has 0 amide bonds. The first kappa shape index (κ1) is 126. The van der Waals surface area contributed by atoms with E-state index >= 15 is 0 Å². The van der Waals surface area contributed by atoms with Crippen LogP contribution in [0, 0.1) is 41.5 Å². The first-order valence-electron chi connectivity index (χ1n) is 58.6. The number of rotatable bonds is 22. The Labute approximate surface area is 932 Å². The average Bonchev–Trinajstić information content (AvgIpc) is 1.58. The Morgan fingerprint density at radius 3 is 0.680 bits per heavy atom. The third-order valence-electron chi connectivity index (χ3n) is 35.5. The van der Waals surface area contributed by atoms with Gasteiger partial charge in [0.1, 0.15) is 0 Å². The molecule has 16 rings (SSSR count). The van der Waals surface area contributed by atoms with E-state index in [1.165, 1.54) is 180 Å². The molecule has 816 valence electrons. The van der Waals surface area contributed by atoms with Gasteiger partial charge in [-0.2, -0.15) is 0 Å². The van der Waals surface area contributed by atoms with Gasteiger partial charge in [0.2, 0.25) is 0 Å². The van der Waals surface area contributed by atoms with E-state index in [9.17, 15) is 0 Å². The van der Waals surface area contributed by atoms with Gasteiger partial charge in [-0.3, -0.25) is 0 Å². The molecule has 0 atom stereocenters. The molecule has 0 N–H and O–H groups in total. The highest BCUT2D eigenvalue weighted by molar-refractivity contribution is 6.86. The monoisotopic (exact) mass is 2150 g/mol. The predicted molar refractivity (Wildman–Crippen MR) is 709 cm³/mol. The zero-order valence-corrected chi connectivity index (χ0v) is 115. The first-order valence-corrected chi connectivity index (χ1v) is 87.4. The Kier molecular flexibility index (Phi) is 38.9. The van der Waals surface area contributed by atoms with Crippen molar-refractivity contribution in [2.45, 2.75) is 484 Å². The fraction of sp³-hybridized carbons (Fsp3) is 0.521. The zero-order chi connectivity index (χ0) is 114. The van der Waals surface area contributed by atoms with Crippen LogP contribution in [0.5, 0.6) is 0 Å². The van der Waals surface area contributed by atoms with Crippen molar-refractivity contribution in [1.29, 1.82) is 0 Å². The Morgan fingerprint density at radius 2 is 0.407 bits per heavy atom. The summed E-state index contributed by atoms with van der Waals surface area (Å²) in [5.41, 5.74) is 55.7. The third-order valence-corrected chi connectivity index (χ3v) is 50.8. The van der Waals surface area contributed by atoms with Gasteiger partial charge < -0.3 is 0 Å². The van der Waals surface area contributed by atoms with E-state index in [0.717, 1.165) is 51.4 Å². The summed E-state index contributed by atoms with van der Waals surface area (Å²) in [6.45, 7) is 137. The molecular formula is C142H216Si8. The Balaban J connectivity index is 0.000000190. The van der Waals surface area contributed by atoms with E-state index in [1.54, 1.807) is 65.3 Å². The minimum atomic E-state index is -1.27. The minimum Gasteiger partial charge on any atom is -0.0985 e. The molecule has 8 aliphatic carbocycles. The lowest BCUT2D eigenvalue weighted by Gasteiger charge is -2.33. The van der Waals surface area contributed by atoms with Crippen LogP contribution in [-0.4, -0.2) is 64.6 Å². The molecule has 8 aromatic rings. The fourth-order valence-corrected chi connectivity index (χ4v) is 44.0. The minimum absolute atomic E-state index is 0.195. The van der Waals surface area contributed by atoms with Gasteiger partial charge in [-0.1, -0.05) is 537 Å². The van der Waals surface area contributed by atoms with Crippen molar-refractivity contribution in [2.24, 2.45) is 0 Å². The highest BCUT2D eigenvalue weighted by Gasteiger charge is 2.47.